The van der Waals surface area contributed by atoms with Gasteiger partial charge in [-0.25, -0.2) is 17.2 Å². The van der Waals surface area contributed by atoms with E-state index >= 15 is 0 Å². The number of rotatable bonds is 13. The Morgan fingerprint density at radius 3 is 2.15 bits per heavy atom. The van der Waals surface area contributed by atoms with Crippen LogP contribution in [0.4, 0.5) is 14.5 Å². The predicted octanol–water partition coefficient (Wildman–Crippen LogP) is 4.53. The normalized spacial score (nSPS) is 15.3. The summed E-state index contributed by atoms with van der Waals surface area (Å²) in [5, 5.41) is 17.1. The Hall–Kier alpha value is -4.16. The molecule has 1 saturated heterocycles. The first-order chi connectivity index (χ1) is 22.6. The van der Waals surface area contributed by atoms with Crippen LogP contribution in [-0.2, 0) is 29.4 Å². The molecule has 11 heteroatoms. The van der Waals surface area contributed by atoms with E-state index in [1.165, 1.54) is 34.1 Å². The van der Waals surface area contributed by atoms with E-state index in [1.807, 2.05) is 48.5 Å². The second-order valence-corrected chi connectivity index (χ2v) is 13.6. The van der Waals surface area contributed by atoms with E-state index in [9.17, 15) is 27.1 Å². The van der Waals surface area contributed by atoms with Crippen molar-refractivity contribution in [2.24, 2.45) is 0 Å². The number of nitrogens with zero attached hydrogens (tertiary/aromatic N) is 2. The Morgan fingerprint density at radius 1 is 0.830 bits per heavy atom. The summed E-state index contributed by atoms with van der Waals surface area (Å²) in [6, 6.07) is 25.7. The molecular formula is C36H40F2N4O4S. The third kappa shape index (κ3) is 9.01. The van der Waals surface area contributed by atoms with Crippen LogP contribution in [0, 0.1) is 11.6 Å². The van der Waals surface area contributed by atoms with Gasteiger partial charge in [-0.3, -0.25) is 4.79 Å². The zero-order valence-corrected chi connectivity index (χ0v) is 27.1. The van der Waals surface area contributed by atoms with Crippen LogP contribution in [0.1, 0.15) is 34.0 Å². The highest BCUT2D eigenvalue weighted by molar-refractivity contribution is 7.89. The highest BCUT2D eigenvalue weighted by atomic mass is 32.2. The van der Waals surface area contributed by atoms with Crippen LogP contribution in [0.2, 0.25) is 0 Å². The highest BCUT2D eigenvalue weighted by Gasteiger charge is 2.29. The van der Waals surface area contributed by atoms with Gasteiger partial charge in [-0.2, -0.15) is 4.31 Å². The number of nitrogens with one attached hydrogen (secondary N) is 2. The quantitative estimate of drug-likeness (QED) is 0.195. The number of benzene rings is 4. The molecule has 248 valence electrons. The number of sulfonamides is 1. The number of para-hydroxylation sites is 1. The molecule has 4 aromatic rings. The summed E-state index contributed by atoms with van der Waals surface area (Å²) >= 11 is 0. The lowest BCUT2D eigenvalue weighted by Crippen LogP contribution is -2.49. The standard InChI is InChI=1S/C36H40F2N4O4S/c1-2-26-7-6-8-27(19-26)24-39-25-35(43)34(22-28-20-30(37)23-31(38)21-28)40-36(44)29-11-13-33(14-12-29)47(45,46)42-17-15-41(16-18-42)32-9-4-3-5-10-32/h3-14,19-21,23,34-35,39,43H,2,15-18,22,24-25H2,1H3,(H,40,44)/t34-,35-/m0/s1. The maximum Gasteiger partial charge on any atom is 0.251 e. The number of anilines is 1. The summed E-state index contributed by atoms with van der Waals surface area (Å²) in [4.78, 5) is 15.5. The van der Waals surface area contributed by atoms with Crippen molar-refractivity contribution in [1.82, 2.24) is 14.9 Å². The molecule has 1 aliphatic heterocycles. The molecule has 5 rings (SSSR count). The Bertz CT molecular complexity index is 1730. The predicted molar refractivity (Wildman–Crippen MR) is 179 cm³/mol. The molecule has 0 aliphatic carbocycles. The number of carbonyl (C=O) groups excluding carboxylic acids is 1. The summed E-state index contributed by atoms with van der Waals surface area (Å²) in [5.41, 5.74) is 3.73. The SMILES string of the molecule is CCc1cccc(CNC[C@H](O)[C@H](Cc2cc(F)cc(F)c2)NC(=O)c2ccc(S(=O)(=O)N3CCN(c4ccccc4)CC3)cc2)c1. The zero-order valence-electron chi connectivity index (χ0n) is 26.3. The van der Waals surface area contributed by atoms with Crippen LogP contribution in [-0.4, -0.2) is 68.6 Å². The smallest absolute Gasteiger partial charge is 0.251 e. The number of halogens is 2. The van der Waals surface area contributed by atoms with Crippen LogP contribution in [0.25, 0.3) is 0 Å². The average molecular weight is 663 g/mol. The van der Waals surface area contributed by atoms with E-state index in [4.69, 9.17) is 0 Å². The lowest BCUT2D eigenvalue weighted by molar-refractivity contribution is 0.0829. The van der Waals surface area contributed by atoms with Crippen molar-refractivity contribution < 1.29 is 27.1 Å². The van der Waals surface area contributed by atoms with Crippen molar-refractivity contribution in [2.75, 3.05) is 37.6 Å². The number of carbonyl (C=O) groups is 1. The molecule has 0 unspecified atom stereocenters. The van der Waals surface area contributed by atoms with Gasteiger partial charge in [0.05, 0.1) is 17.0 Å². The lowest BCUT2D eigenvalue weighted by Gasteiger charge is -2.35. The summed E-state index contributed by atoms with van der Waals surface area (Å²) in [6.45, 7) is 4.44. The van der Waals surface area contributed by atoms with Crippen LogP contribution in [0.15, 0.2) is 102 Å². The van der Waals surface area contributed by atoms with E-state index in [1.54, 1.807) is 0 Å². The Balaban J connectivity index is 1.24. The topological polar surface area (TPSA) is 102 Å². The fraction of sp³-hybridized carbons (Fsp3) is 0.306. The van der Waals surface area contributed by atoms with Crippen LogP contribution in [0.3, 0.4) is 0 Å². The summed E-state index contributed by atoms with van der Waals surface area (Å²) in [7, 11) is -3.78. The third-order valence-electron chi connectivity index (χ3n) is 8.36. The molecule has 47 heavy (non-hydrogen) atoms. The number of piperazine rings is 1. The van der Waals surface area contributed by atoms with Crippen LogP contribution in [0.5, 0.6) is 0 Å². The molecule has 1 fully saturated rings. The molecule has 2 atom stereocenters. The van der Waals surface area contributed by atoms with Crippen molar-refractivity contribution in [2.45, 2.75) is 43.4 Å². The monoisotopic (exact) mass is 662 g/mol. The maximum absolute atomic E-state index is 14.0. The molecule has 0 spiro atoms. The fourth-order valence-corrected chi connectivity index (χ4v) is 7.16. The summed E-state index contributed by atoms with van der Waals surface area (Å²) in [5.74, 6) is -2.07. The number of amides is 1. The number of aryl methyl sites for hydroxylation is 1. The minimum Gasteiger partial charge on any atom is -0.390 e. The van der Waals surface area contributed by atoms with Gasteiger partial charge in [0.25, 0.3) is 5.91 Å². The van der Waals surface area contributed by atoms with Gasteiger partial charge in [0, 0.05) is 56.6 Å². The first-order valence-corrected chi connectivity index (χ1v) is 17.2. The third-order valence-corrected chi connectivity index (χ3v) is 10.3. The molecule has 1 amide bonds. The minimum atomic E-state index is -3.78. The second kappa shape index (κ2) is 15.6. The van der Waals surface area contributed by atoms with E-state index in [2.05, 4.69) is 28.5 Å². The molecular weight excluding hydrogens is 622 g/mol. The average Bonchev–Trinajstić information content (AvgIpc) is 3.08. The van der Waals surface area contributed by atoms with Gasteiger partial charge in [0.2, 0.25) is 10.0 Å². The Labute approximate surface area is 275 Å². The summed E-state index contributed by atoms with van der Waals surface area (Å²) < 4.78 is 56.1. The van der Waals surface area contributed by atoms with Gasteiger partial charge in [-0.05, 0) is 78.1 Å². The molecule has 1 aliphatic rings. The van der Waals surface area contributed by atoms with Gasteiger partial charge < -0.3 is 20.6 Å². The van der Waals surface area contributed by atoms with Gasteiger partial charge in [0.1, 0.15) is 11.6 Å². The van der Waals surface area contributed by atoms with Crippen LogP contribution >= 0.6 is 0 Å². The minimum absolute atomic E-state index is 0.0317. The molecule has 0 aromatic heterocycles. The fourth-order valence-electron chi connectivity index (χ4n) is 5.74. The van der Waals surface area contributed by atoms with Gasteiger partial charge >= 0.3 is 0 Å². The van der Waals surface area contributed by atoms with E-state index in [0.717, 1.165) is 35.9 Å². The second-order valence-electron chi connectivity index (χ2n) is 11.7. The van der Waals surface area contributed by atoms with Gasteiger partial charge in [0.15, 0.2) is 0 Å². The highest BCUT2D eigenvalue weighted by Crippen LogP contribution is 2.22. The number of aliphatic hydroxyl groups excluding tert-OH is 1. The number of hydrogen-bond donors (Lipinski definition) is 3. The Kier molecular flexibility index (Phi) is 11.4. The van der Waals surface area contributed by atoms with Crippen molar-refractivity contribution in [1.29, 1.82) is 0 Å². The molecule has 4 aromatic carbocycles. The molecule has 1 heterocycles. The maximum atomic E-state index is 14.0. The van der Waals surface area contributed by atoms with E-state index < -0.39 is 39.7 Å². The molecule has 0 bridgehead atoms. The van der Waals surface area contributed by atoms with Crippen molar-refractivity contribution in [3.05, 3.63) is 131 Å². The van der Waals surface area contributed by atoms with Gasteiger partial charge in [-0.1, -0.05) is 49.4 Å². The number of aliphatic hydroxyl groups is 1. The first kappa shape index (κ1) is 34.2. The molecule has 8 nitrogen and oxygen atoms in total. The van der Waals surface area contributed by atoms with Crippen molar-refractivity contribution >= 4 is 21.6 Å². The largest absolute Gasteiger partial charge is 0.390 e. The van der Waals surface area contributed by atoms with E-state index in [-0.39, 0.29) is 29.0 Å². The number of hydrogen-bond acceptors (Lipinski definition) is 6. The lowest BCUT2D eigenvalue weighted by atomic mass is 10.00. The van der Waals surface area contributed by atoms with Crippen molar-refractivity contribution in [3.8, 4) is 0 Å². The molecule has 0 radical (unpaired) electrons. The van der Waals surface area contributed by atoms with Crippen molar-refractivity contribution in [3.63, 3.8) is 0 Å². The zero-order chi connectivity index (χ0) is 33.4. The first-order valence-electron chi connectivity index (χ1n) is 15.7. The van der Waals surface area contributed by atoms with Crippen LogP contribution < -0.4 is 15.5 Å². The van der Waals surface area contributed by atoms with Gasteiger partial charge in [-0.15, -0.1) is 0 Å². The molecule has 3 N–H and O–H groups in total. The van der Waals surface area contributed by atoms with E-state index in [0.29, 0.717) is 32.7 Å². The Morgan fingerprint density at radius 2 is 1.49 bits per heavy atom. The molecule has 0 saturated carbocycles. The summed E-state index contributed by atoms with van der Waals surface area (Å²) in [6.07, 6.45) is -0.238.